The number of carbonyl (C=O) groups excluding carboxylic acids is 1. The van der Waals surface area contributed by atoms with Gasteiger partial charge in [-0.05, 0) is 73.9 Å². The lowest BCUT2D eigenvalue weighted by atomic mass is 9.76. The van der Waals surface area contributed by atoms with Crippen molar-refractivity contribution >= 4 is 17.8 Å². The molecule has 7 nitrogen and oxygen atoms in total. The molecule has 1 heterocycles. The number of amides is 1. The number of carbonyl (C=O) groups is 1. The van der Waals surface area contributed by atoms with Gasteiger partial charge in [0.15, 0.2) is 0 Å². The zero-order valence-corrected chi connectivity index (χ0v) is 22.4. The lowest BCUT2D eigenvalue weighted by Gasteiger charge is -2.30. The van der Waals surface area contributed by atoms with Crippen molar-refractivity contribution in [2.75, 3.05) is 38.9 Å². The van der Waals surface area contributed by atoms with Crippen molar-refractivity contribution in [3.8, 4) is 11.5 Å². The average molecular weight is 514 g/mol. The molecule has 1 unspecified atom stereocenters. The van der Waals surface area contributed by atoms with Gasteiger partial charge in [-0.3, -0.25) is 4.79 Å². The molecule has 0 radical (unpaired) electrons. The minimum Gasteiger partial charge on any atom is -0.497 e. The molecule has 1 aliphatic heterocycles. The van der Waals surface area contributed by atoms with Crippen molar-refractivity contribution in [1.29, 1.82) is 0 Å². The predicted octanol–water partition coefficient (Wildman–Crippen LogP) is 5.36. The van der Waals surface area contributed by atoms with Crippen LogP contribution >= 0.6 is 0 Å². The Bertz CT molecular complexity index is 1310. The Morgan fingerprint density at radius 3 is 2.55 bits per heavy atom. The number of fused-ring (bicyclic) bond motifs is 1. The molecule has 0 saturated heterocycles. The number of nitrogens with one attached hydrogen (secondary N) is 1. The van der Waals surface area contributed by atoms with E-state index in [1.807, 2.05) is 18.2 Å². The summed E-state index contributed by atoms with van der Waals surface area (Å²) in [5.74, 6) is 1.13. The van der Waals surface area contributed by atoms with Gasteiger partial charge >= 0.3 is 0 Å². The van der Waals surface area contributed by atoms with E-state index < -0.39 is 0 Å². The molecule has 0 spiro atoms. The molecular formula is C31H35N3O4. The number of methoxy groups -OCH3 is 2. The van der Waals surface area contributed by atoms with Crippen LogP contribution in [0.2, 0.25) is 0 Å². The van der Waals surface area contributed by atoms with Crippen LogP contribution in [-0.4, -0.2) is 46.1 Å². The molecule has 1 atom stereocenters. The van der Waals surface area contributed by atoms with E-state index >= 15 is 0 Å². The molecule has 38 heavy (non-hydrogen) atoms. The van der Waals surface area contributed by atoms with E-state index in [2.05, 4.69) is 65.7 Å². The van der Waals surface area contributed by atoms with Gasteiger partial charge < -0.3 is 19.1 Å². The van der Waals surface area contributed by atoms with Crippen LogP contribution in [0.15, 0.2) is 89.7 Å². The monoisotopic (exact) mass is 513 g/mol. The normalized spacial score (nSPS) is 17.6. The Balaban J connectivity index is 1.58. The van der Waals surface area contributed by atoms with Crippen molar-refractivity contribution in [2.45, 2.75) is 25.7 Å². The van der Waals surface area contributed by atoms with Gasteiger partial charge in [0.25, 0.3) is 5.91 Å². The standard InChI is InChI=1S/C31H35N3O4/c1-5-34-28-15-14-25(37-4)21-27(28)31(2,22-23-10-7-6-8-11-23)29(34)16-17-32-33-30(35)24-12-9-13-26(20-24)38-19-18-36-3/h6-17,20-21H,5,18-19,22H2,1-4H3,(H,33,35)/b29-16-,32-17+. The van der Waals surface area contributed by atoms with Crippen LogP contribution in [0, 0.1) is 0 Å². The van der Waals surface area contributed by atoms with Gasteiger partial charge in [0.1, 0.15) is 18.1 Å². The second kappa shape index (κ2) is 12.4. The first-order chi connectivity index (χ1) is 18.5. The Hall–Kier alpha value is -4.10. The van der Waals surface area contributed by atoms with Gasteiger partial charge in [-0.15, -0.1) is 0 Å². The van der Waals surface area contributed by atoms with Crippen LogP contribution in [0.5, 0.6) is 11.5 Å². The number of benzene rings is 3. The zero-order chi connectivity index (χ0) is 27.0. The first-order valence-electron chi connectivity index (χ1n) is 12.8. The Labute approximate surface area is 224 Å². The van der Waals surface area contributed by atoms with Gasteiger partial charge in [-0.1, -0.05) is 36.4 Å². The molecule has 3 aromatic rings. The number of allylic oxidation sites excluding steroid dienone is 2. The average Bonchev–Trinajstić information content (AvgIpc) is 3.17. The highest BCUT2D eigenvalue weighted by molar-refractivity contribution is 5.95. The summed E-state index contributed by atoms with van der Waals surface area (Å²) in [5, 5.41) is 4.24. The lowest BCUT2D eigenvalue weighted by Crippen LogP contribution is -2.31. The van der Waals surface area contributed by atoms with E-state index in [4.69, 9.17) is 14.2 Å². The molecule has 3 aromatic carbocycles. The maximum absolute atomic E-state index is 12.7. The summed E-state index contributed by atoms with van der Waals surface area (Å²) in [5.41, 5.74) is 7.50. The van der Waals surface area contributed by atoms with Crippen LogP contribution in [0.3, 0.4) is 0 Å². The van der Waals surface area contributed by atoms with Crippen molar-refractivity contribution in [2.24, 2.45) is 5.10 Å². The first kappa shape index (κ1) is 26.9. The number of nitrogens with zero attached hydrogens (tertiary/aromatic N) is 2. The highest BCUT2D eigenvalue weighted by Crippen LogP contribution is 2.50. The lowest BCUT2D eigenvalue weighted by molar-refractivity contribution is 0.0954. The number of hydrazone groups is 1. The van der Waals surface area contributed by atoms with E-state index in [0.29, 0.717) is 24.5 Å². The van der Waals surface area contributed by atoms with Crippen LogP contribution in [-0.2, 0) is 16.6 Å². The van der Waals surface area contributed by atoms with E-state index in [1.54, 1.807) is 44.7 Å². The number of hydrogen-bond acceptors (Lipinski definition) is 6. The maximum Gasteiger partial charge on any atom is 0.271 e. The van der Waals surface area contributed by atoms with Crippen LogP contribution in [0.4, 0.5) is 5.69 Å². The third-order valence-corrected chi connectivity index (χ3v) is 6.79. The number of hydrogen-bond donors (Lipinski definition) is 1. The first-order valence-corrected chi connectivity index (χ1v) is 12.8. The predicted molar refractivity (Wildman–Crippen MR) is 151 cm³/mol. The summed E-state index contributed by atoms with van der Waals surface area (Å²) in [6.07, 6.45) is 4.46. The van der Waals surface area contributed by atoms with Crippen molar-refractivity contribution in [3.05, 3.63) is 101 Å². The summed E-state index contributed by atoms with van der Waals surface area (Å²) in [6, 6.07) is 23.7. The molecule has 4 rings (SSSR count). The van der Waals surface area contributed by atoms with Crippen LogP contribution in [0.25, 0.3) is 0 Å². The van der Waals surface area contributed by atoms with Crippen molar-refractivity contribution < 1.29 is 19.0 Å². The Morgan fingerprint density at radius 1 is 1.00 bits per heavy atom. The van der Waals surface area contributed by atoms with Gasteiger partial charge in [0.05, 0.1) is 13.7 Å². The molecule has 0 aromatic heterocycles. The van der Waals surface area contributed by atoms with E-state index in [1.165, 1.54) is 11.1 Å². The molecule has 1 N–H and O–H groups in total. The van der Waals surface area contributed by atoms with E-state index in [9.17, 15) is 4.79 Å². The molecule has 0 bridgehead atoms. The molecule has 7 heteroatoms. The topological polar surface area (TPSA) is 72.4 Å². The quantitative estimate of drug-likeness (QED) is 0.212. The fourth-order valence-corrected chi connectivity index (χ4v) is 4.93. The summed E-state index contributed by atoms with van der Waals surface area (Å²) < 4.78 is 16.2. The molecule has 0 aliphatic carbocycles. The van der Waals surface area contributed by atoms with Crippen molar-refractivity contribution in [3.63, 3.8) is 0 Å². The number of ether oxygens (including phenoxy) is 3. The van der Waals surface area contributed by atoms with Gasteiger partial charge in [0, 0.05) is 42.2 Å². The van der Waals surface area contributed by atoms with Crippen LogP contribution < -0.4 is 19.8 Å². The molecule has 1 aliphatic rings. The van der Waals surface area contributed by atoms with Gasteiger partial charge in [-0.25, -0.2) is 5.43 Å². The van der Waals surface area contributed by atoms with Gasteiger partial charge in [0.2, 0.25) is 0 Å². The fourth-order valence-electron chi connectivity index (χ4n) is 4.93. The molecule has 198 valence electrons. The fraction of sp³-hybridized carbons (Fsp3) is 0.290. The molecule has 1 amide bonds. The molecule has 0 saturated carbocycles. The minimum absolute atomic E-state index is 0.310. The minimum atomic E-state index is -0.314. The SMILES string of the molecule is CCN1/C(=C\C=N\NC(=O)c2cccc(OCCOC)c2)C(C)(Cc2ccccc2)c2cc(OC)ccc21. The Morgan fingerprint density at radius 2 is 1.82 bits per heavy atom. The second-order valence-corrected chi connectivity index (χ2v) is 9.26. The largest absolute Gasteiger partial charge is 0.497 e. The zero-order valence-electron chi connectivity index (χ0n) is 22.4. The summed E-state index contributed by atoms with van der Waals surface area (Å²) in [6.45, 7) is 6.07. The third kappa shape index (κ3) is 5.89. The van der Waals surface area contributed by atoms with Crippen LogP contribution in [0.1, 0.15) is 35.3 Å². The molecule has 0 fully saturated rings. The summed E-state index contributed by atoms with van der Waals surface area (Å²) >= 11 is 0. The van der Waals surface area contributed by atoms with E-state index in [-0.39, 0.29) is 11.3 Å². The number of likely N-dealkylation sites (N-methyl/N-ethyl adjacent to an activating group) is 1. The smallest absolute Gasteiger partial charge is 0.271 e. The number of anilines is 1. The second-order valence-electron chi connectivity index (χ2n) is 9.26. The van der Waals surface area contributed by atoms with E-state index in [0.717, 1.165) is 30.1 Å². The third-order valence-electron chi connectivity index (χ3n) is 6.79. The highest BCUT2D eigenvalue weighted by atomic mass is 16.5. The maximum atomic E-state index is 12.7. The summed E-state index contributed by atoms with van der Waals surface area (Å²) in [4.78, 5) is 15.0. The Kier molecular flexibility index (Phi) is 8.81. The van der Waals surface area contributed by atoms with Crippen molar-refractivity contribution in [1.82, 2.24) is 5.43 Å². The summed E-state index contributed by atoms with van der Waals surface area (Å²) in [7, 11) is 3.31. The highest BCUT2D eigenvalue weighted by Gasteiger charge is 2.43. The number of rotatable bonds is 11. The molecular weight excluding hydrogens is 478 g/mol. The van der Waals surface area contributed by atoms with Gasteiger partial charge in [-0.2, -0.15) is 5.10 Å².